The monoisotopic (exact) mass is 382 g/mol. The third kappa shape index (κ3) is 3.26. The van der Waals surface area contributed by atoms with Crippen molar-refractivity contribution in [1.29, 1.82) is 0 Å². The predicted molar refractivity (Wildman–Crippen MR) is 103 cm³/mol. The van der Waals surface area contributed by atoms with E-state index in [0.717, 1.165) is 5.56 Å². The zero-order chi connectivity index (χ0) is 19.8. The average molecular weight is 382 g/mol. The Bertz CT molecular complexity index is 1260. The minimum atomic E-state index is -0.606. The summed E-state index contributed by atoms with van der Waals surface area (Å²) in [4.78, 5) is 33.4. The van der Waals surface area contributed by atoms with Crippen molar-refractivity contribution in [2.45, 2.75) is 26.8 Å². The highest BCUT2D eigenvalue weighted by Gasteiger charge is 2.21. The van der Waals surface area contributed by atoms with Crippen molar-refractivity contribution in [3.05, 3.63) is 68.4 Å². The van der Waals surface area contributed by atoms with Crippen LogP contribution in [0.4, 0.5) is 4.39 Å². The van der Waals surface area contributed by atoms with Gasteiger partial charge in [-0.3, -0.25) is 19.9 Å². The van der Waals surface area contributed by atoms with Gasteiger partial charge < -0.3 is 4.57 Å². The fraction of sp³-hybridized carbons (Fsp3) is 0.263. The minimum absolute atomic E-state index is 0.224. The second kappa shape index (κ2) is 6.91. The summed E-state index contributed by atoms with van der Waals surface area (Å²) in [6.45, 7) is 4.59. The highest BCUT2D eigenvalue weighted by atomic mass is 19.1. The van der Waals surface area contributed by atoms with Crippen LogP contribution in [0, 0.1) is 11.7 Å². The number of benzene rings is 1. The number of imidazole rings is 1. The van der Waals surface area contributed by atoms with Gasteiger partial charge >= 0.3 is 5.69 Å². The Morgan fingerprint density at radius 2 is 2.04 bits per heavy atom. The predicted octanol–water partition coefficient (Wildman–Crippen LogP) is 2.19. The lowest BCUT2D eigenvalue weighted by molar-refractivity contribution is 0.535. The van der Waals surface area contributed by atoms with Crippen LogP contribution in [-0.2, 0) is 13.0 Å². The van der Waals surface area contributed by atoms with Gasteiger partial charge in [0, 0.05) is 19.2 Å². The van der Waals surface area contributed by atoms with Gasteiger partial charge in [-0.2, -0.15) is 5.10 Å². The van der Waals surface area contributed by atoms with Gasteiger partial charge in [-0.1, -0.05) is 26.0 Å². The molecule has 0 atom stereocenters. The van der Waals surface area contributed by atoms with Crippen LogP contribution in [0.25, 0.3) is 22.6 Å². The number of nitrogens with zero attached hydrogens (tertiary/aromatic N) is 3. The van der Waals surface area contributed by atoms with Gasteiger partial charge in [-0.15, -0.1) is 0 Å². The molecule has 0 radical (unpaired) electrons. The van der Waals surface area contributed by atoms with Crippen molar-refractivity contribution in [3.63, 3.8) is 0 Å². The first-order chi connectivity index (χ1) is 13.4. The molecule has 144 valence electrons. The van der Waals surface area contributed by atoms with Gasteiger partial charge in [0.05, 0.1) is 11.3 Å². The number of rotatable bonds is 5. The van der Waals surface area contributed by atoms with Crippen molar-refractivity contribution in [1.82, 2.24) is 29.7 Å². The zero-order valence-corrected chi connectivity index (χ0v) is 15.4. The third-order valence-electron chi connectivity index (χ3n) is 4.41. The molecule has 9 heteroatoms. The van der Waals surface area contributed by atoms with Gasteiger partial charge in [0.25, 0.3) is 5.56 Å². The number of hydrogen-bond donors (Lipinski definition) is 3. The maximum Gasteiger partial charge on any atom is 0.327 e. The van der Waals surface area contributed by atoms with Crippen LogP contribution in [0.5, 0.6) is 0 Å². The van der Waals surface area contributed by atoms with E-state index < -0.39 is 11.2 Å². The van der Waals surface area contributed by atoms with E-state index >= 15 is 0 Å². The smallest absolute Gasteiger partial charge is 0.318 e. The molecule has 0 aliphatic heterocycles. The summed E-state index contributed by atoms with van der Waals surface area (Å²) >= 11 is 0. The molecule has 0 saturated heterocycles. The summed E-state index contributed by atoms with van der Waals surface area (Å²) in [5.74, 6) is 0.447. The molecule has 4 aromatic rings. The lowest BCUT2D eigenvalue weighted by Crippen LogP contribution is -2.23. The van der Waals surface area contributed by atoms with Gasteiger partial charge in [0.15, 0.2) is 11.2 Å². The maximum absolute atomic E-state index is 13.5. The molecule has 1 aromatic carbocycles. The Balaban J connectivity index is 1.88. The number of halogens is 1. The number of aromatic amines is 3. The third-order valence-corrected chi connectivity index (χ3v) is 4.41. The molecule has 0 bridgehead atoms. The Kier molecular flexibility index (Phi) is 4.42. The van der Waals surface area contributed by atoms with E-state index in [0.29, 0.717) is 35.6 Å². The van der Waals surface area contributed by atoms with Gasteiger partial charge in [0.2, 0.25) is 0 Å². The van der Waals surface area contributed by atoms with Crippen LogP contribution in [-0.4, -0.2) is 29.7 Å². The molecule has 3 aromatic heterocycles. The van der Waals surface area contributed by atoms with Crippen molar-refractivity contribution in [2.24, 2.45) is 5.92 Å². The molecule has 0 aliphatic rings. The van der Waals surface area contributed by atoms with E-state index in [1.165, 1.54) is 12.1 Å². The van der Waals surface area contributed by atoms with Gasteiger partial charge in [0.1, 0.15) is 11.6 Å². The van der Waals surface area contributed by atoms with Crippen LogP contribution in [0.3, 0.4) is 0 Å². The van der Waals surface area contributed by atoms with Crippen molar-refractivity contribution in [3.8, 4) is 11.4 Å². The molecule has 3 heterocycles. The van der Waals surface area contributed by atoms with Crippen molar-refractivity contribution < 1.29 is 4.39 Å². The Labute approximate surface area is 158 Å². The first-order valence-electron chi connectivity index (χ1n) is 8.92. The Hall–Kier alpha value is -3.49. The molecule has 0 saturated carbocycles. The number of aromatic nitrogens is 6. The average Bonchev–Trinajstić information content (AvgIpc) is 3.19. The Morgan fingerprint density at radius 3 is 2.79 bits per heavy atom. The molecule has 4 rings (SSSR count). The van der Waals surface area contributed by atoms with E-state index in [1.807, 2.05) is 19.9 Å². The number of nitrogens with one attached hydrogen (secondary N) is 3. The first kappa shape index (κ1) is 17.9. The molecule has 0 fully saturated rings. The quantitative estimate of drug-likeness (QED) is 0.491. The normalized spacial score (nSPS) is 11.6. The topological polar surface area (TPSA) is 112 Å². The fourth-order valence-corrected chi connectivity index (χ4v) is 3.31. The first-order valence-corrected chi connectivity index (χ1v) is 8.92. The zero-order valence-electron chi connectivity index (χ0n) is 15.4. The van der Waals surface area contributed by atoms with Gasteiger partial charge in [-0.25, -0.2) is 14.2 Å². The molecule has 0 amide bonds. The lowest BCUT2D eigenvalue weighted by Gasteiger charge is -2.11. The maximum atomic E-state index is 13.5. The number of H-pyrrole nitrogens is 3. The largest absolute Gasteiger partial charge is 0.327 e. The van der Waals surface area contributed by atoms with Crippen molar-refractivity contribution >= 4 is 11.2 Å². The summed E-state index contributed by atoms with van der Waals surface area (Å²) in [6, 6.07) is 6.31. The standard InChI is InChI=1S/C19H19FN6O2/c1-10(2)9-26-15-16(23-19(28)24-18(15)27)22-17(26)13-8-21-25-14(13)7-11-4-3-5-12(20)6-11/h3-6,8,10H,7,9H2,1-2H3,(H,21,25)(H2,23,24,27,28). The van der Waals surface area contributed by atoms with Crippen LogP contribution in [0.1, 0.15) is 25.1 Å². The molecule has 0 spiro atoms. The summed E-state index contributed by atoms with van der Waals surface area (Å²) in [6.07, 6.45) is 2.09. The second-order valence-corrected chi connectivity index (χ2v) is 7.10. The van der Waals surface area contributed by atoms with E-state index in [-0.39, 0.29) is 17.4 Å². The summed E-state index contributed by atoms with van der Waals surface area (Å²) in [5.41, 5.74) is 1.57. The number of fused-ring (bicyclic) bond motifs is 1. The highest BCUT2D eigenvalue weighted by Crippen LogP contribution is 2.26. The minimum Gasteiger partial charge on any atom is -0.318 e. The molecule has 0 aliphatic carbocycles. The lowest BCUT2D eigenvalue weighted by atomic mass is 10.1. The molecule has 0 unspecified atom stereocenters. The van der Waals surface area contributed by atoms with E-state index in [9.17, 15) is 14.0 Å². The Morgan fingerprint density at radius 1 is 1.21 bits per heavy atom. The molecular weight excluding hydrogens is 363 g/mol. The SMILES string of the molecule is CC(C)Cn1c(-c2c[nH]nc2Cc2cccc(F)c2)nc2[nH]c(=O)[nH]c(=O)c21. The summed E-state index contributed by atoms with van der Waals surface area (Å²) < 4.78 is 15.3. The van der Waals surface area contributed by atoms with Crippen LogP contribution < -0.4 is 11.2 Å². The van der Waals surface area contributed by atoms with Gasteiger partial charge in [-0.05, 0) is 23.6 Å². The summed E-state index contributed by atoms with van der Waals surface area (Å²) in [5, 5.41) is 7.12. The van der Waals surface area contributed by atoms with E-state index in [2.05, 4.69) is 25.1 Å². The van der Waals surface area contributed by atoms with Crippen LogP contribution in [0.15, 0.2) is 40.1 Å². The van der Waals surface area contributed by atoms with Crippen LogP contribution >= 0.6 is 0 Å². The molecular formula is C19H19FN6O2. The second-order valence-electron chi connectivity index (χ2n) is 7.10. The number of hydrogen-bond acceptors (Lipinski definition) is 4. The molecule has 3 N–H and O–H groups in total. The molecule has 28 heavy (non-hydrogen) atoms. The van der Waals surface area contributed by atoms with Crippen molar-refractivity contribution in [2.75, 3.05) is 0 Å². The van der Waals surface area contributed by atoms with Crippen LogP contribution in [0.2, 0.25) is 0 Å². The highest BCUT2D eigenvalue weighted by molar-refractivity contribution is 5.76. The summed E-state index contributed by atoms with van der Waals surface area (Å²) in [7, 11) is 0. The van der Waals surface area contributed by atoms with E-state index in [4.69, 9.17) is 0 Å². The fourth-order valence-electron chi connectivity index (χ4n) is 3.31. The van der Waals surface area contributed by atoms with E-state index in [1.54, 1.807) is 16.8 Å². The molecule has 8 nitrogen and oxygen atoms in total.